The van der Waals surface area contributed by atoms with Crippen LogP contribution < -0.4 is 4.74 Å². The normalized spacial score (nSPS) is 15.9. The Labute approximate surface area is 221 Å². The second kappa shape index (κ2) is 11.2. The Morgan fingerprint density at radius 2 is 1.72 bits per heavy atom. The number of hydrogen-bond acceptors (Lipinski definition) is 6. The summed E-state index contributed by atoms with van der Waals surface area (Å²) in [6.45, 7) is 0.264. The molecular formula is C28H20BrN3O3S. The van der Waals surface area contributed by atoms with E-state index >= 15 is 0 Å². The van der Waals surface area contributed by atoms with Crippen molar-refractivity contribution < 1.29 is 13.9 Å². The van der Waals surface area contributed by atoms with Crippen LogP contribution in [0.25, 0.3) is 6.08 Å². The summed E-state index contributed by atoms with van der Waals surface area (Å²) >= 11 is 4.70. The van der Waals surface area contributed by atoms with Gasteiger partial charge in [-0.05, 0) is 77.5 Å². The third kappa shape index (κ3) is 6.02. The van der Waals surface area contributed by atoms with Crippen LogP contribution in [-0.2, 0) is 11.3 Å². The molecule has 0 spiro atoms. The predicted molar refractivity (Wildman–Crippen MR) is 147 cm³/mol. The molecule has 178 valence electrons. The van der Waals surface area contributed by atoms with Crippen LogP contribution >= 0.6 is 27.7 Å². The number of amidine groups is 1. The van der Waals surface area contributed by atoms with Crippen molar-refractivity contribution in [3.8, 4) is 11.5 Å². The molecule has 1 aromatic heterocycles. The predicted octanol–water partition coefficient (Wildman–Crippen LogP) is 7.34. The molecule has 1 aliphatic heterocycles. The maximum absolute atomic E-state index is 13.3. The van der Waals surface area contributed by atoms with Crippen LogP contribution in [0.4, 0.5) is 0 Å². The summed E-state index contributed by atoms with van der Waals surface area (Å²) in [5, 5.41) is 9.06. The summed E-state index contributed by atoms with van der Waals surface area (Å²) in [4.78, 5) is 15.4. The van der Waals surface area contributed by atoms with Gasteiger partial charge in [0.15, 0.2) is 5.17 Å². The van der Waals surface area contributed by atoms with Gasteiger partial charge in [0.05, 0.1) is 23.9 Å². The molecule has 0 aliphatic carbocycles. The largest absolute Gasteiger partial charge is 0.467 e. The minimum Gasteiger partial charge on any atom is -0.467 e. The van der Waals surface area contributed by atoms with E-state index in [1.165, 1.54) is 11.8 Å². The van der Waals surface area contributed by atoms with Gasteiger partial charge >= 0.3 is 0 Å². The van der Waals surface area contributed by atoms with E-state index < -0.39 is 0 Å². The summed E-state index contributed by atoms with van der Waals surface area (Å²) in [5.41, 5.74) is 1.75. The number of ether oxygens (including phenoxy) is 1. The summed E-state index contributed by atoms with van der Waals surface area (Å²) in [7, 11) is 0. The summed E-state index contributed by atoms with van der Waals surface area (Å²) in [5.74, 6) is 1.93. The Balaban J connectivity index is 1.39. The standard InChI is InChI=1S/C28H20BrN3O3S/c29-22-13-11-20(12-14-22)18-30-31-28-32(19-25-10-5-15-34-25)27(33)26(36-28)17-21-6-4-9-24(16-21)35-23-7-2-1-3-8-23/h1-18H,19H2/b26-17-,30-18-,31-28+. The van der Waals surface area contributed by atoms with Crippen LogP contribution in [0.3, 0.4) is 0 Å². The first-order valence-corrected chi connectivity index (χ1v) is 12.7. The smallest absolute Gasteiger partial charge is 0.267 e. The van der Waals surface area contributed by atoms with E-state index in [9.17, 15) is 4.79 Å². The van der Waals surface area contributed by atoms with Gasteiger partial charge in [0, 0.05) is 4.47 Å². The lowest BCUT2D eigenvalue weighted by atomic mass is 10.2. The van der Waals surface area contributed by atoms with Gasteiger partial charge in [-0.2, -0.15) is 5.10 Å². The van der Waals surface area contributed by atoms with Crippen LogP contribution in [0.15, 0.2) is 121 Å². The van der Waals surface area contributed by atoms with Crippen molar-refractivity contribution in [3.63, 3.8) is 0 Å². The first-order chi connectivity index (χ1) is 17.6. The zero-order valence-electron chi connectivity index (χ0n) is 19.0. The van der Waals surface area contributed by atoms with Crippen LogP contribution in [0.2, 0.25) is 0 Å². The minimum atomic E-state index is -0.164. The average molecular weight is 558 g/mol. The van der Waals surface area contributed by atoms with Crippen LogP contribution in [0.5, 0.6) is 11.5 Å². The van der Waals surface area contributed by atoms with E-state index in [1.807, 2.05) is 91.0 Å². The molecular weight excluding hydrogens is 538 g/mol. The SMILES string of the molecule is O=C1/C(=C/c2cccc(Oc3ccccc3)c2)S/C(=N/N=C\c2ccc(Br)cc2)N1Cc1ccco1. The third-order valence-electron chi connectivity index (χ3n) is 5.14. The van der Waals surface area contributed by atoms with Gasteiger partial charge < -0.3 is 9.15 Å². The fourth-order valence-electron chi connectivity index (χ4n) is 3.42. The van der Waals surface area contributed by atoms with Crippen molar-refractivity contribution in [3.05, 3.63) is 124 Å². The van der Waals surface area contributed by atoms with Gasteiger partial charge in [-0.1, -0.05) is 58.4 Å². The van der Waals surface area contributed by atoms with Crippen molar-refractivity contribution in [1.82, 2.24) is 4.90 Å². The lowest BCUT2D eigenvalue weighted by molar-refractivity contribution is -0.122. The number of thioether (sulfide) groups is 1. The molecule has 4 aromatic rings. The highest BCUT2D eigenvalue weighted by molar-refractivity contribution is 9.10. The van der Waals surface area contributed by atoms with Gasteiger partial charge in [-0.25, -0.2) is 0 Å². The Hall–Kier alpha value is -3.88. The summed E-state index contributed by atoms with van der Waals surface area (Å²) in [6, 6.07) is 28.5. The number of carbonyl (C=O) groups is 1. The average Bonchev–Trinajstić information content (AvgIpc) is 3.50. The number of furan rings is 1. The Kier molecular flexibility index (Phi) is 7.44. The number of rotatable bonds is 7. The molecule has 0 radical (unpaired) electrons. The Bertz CT molecular complexity index is 1430. The number of amides is 1. The molecule has 5 rings (SSSR count). The zero-order chi connectivity index (χ0) is 24.7. The van der Waals surface area contributed by atoms with Gasteiger partial charge in [0.2, 0.25) is 0 Å². The first kappa shape index (κ1) is 23.8. The highest BCUT2D eigenvalue weighted by Crippen LogP contribution is 2.34. The third-order valence-corrected chi connectivity index (χ3v) is 6.66. The van der Waals surface area contributed by atoms with E-state index in [1.54, 1.807) is 23.4 Å². The van der Waals surface area contributed by atoms with Crippen molar-refractivity contribution in [2.24, 2.45) is 10.2 Å². The van der Waals surface area contributed by atoms with Gasteiger partial charge in [-0.3, -0.25) is 9.69 Å². The molecule has 1 aliphatic rings. The van der Waals surface area contributed by atoms with Gasteiger partial charge in [0.1, 0.15) is 17.3 Å². The number of hydrogen-bond donors (Lipinski definition) is 0. The second-order valence-corrected chi connectivity index (χ2v) is 9.67. The van der Waals surface area contributed by atoms with E-state index in [-0.39, 0.29) is 12.5 Å². The molecule has 0 bridgehead atoms. The molecule has 8 heteroatoms. The van der Waals surface area contributed by atoms with E-state index in [4.69, 9.17) is 9.15 Å². The highest BCUT2D eigenvalue weighted by Gasteiger charge is 2.34. The van der Waals surface area contributed by atoms with Gasteiger partial charge in [0.25, 0.3) is 5.91 Å². The number of halogens is 1. The fraction of sp³-hybridized carbons (Fsp3) is 0.0357. The topological polar surface area (TPSA) is 67.4 Å². The first-order valence-electron chi connectivity index (χ1n) is 11.1. The van der Waals surface area contributed by atoms with Crippen molar-refractivity contribution >= 4 is 51.1 Å². The summed E-state index contributed by atoms with van der Waals surface area (Å²) < 4.78 is 12.4. The van der Waals surface area contributed by atoms with Gasteiger partial charge in [-0.15, -0.1) is 5.10 Å². The monoisotopic (exact) mass is 557 g/mol. The quantitative estimate of drug-likeness (QED) is 0.135. The van der Waals surface area contributed by atoms with Crippen LogP contribution in [0.1, 0.15) is 16.9 Å². The molecule has 0 unspecified atom stereocenters. The molecule has 1 fully saturated rings. The Morgan fingerprint density at radius 1 is 0.917 bits per heavy atom. The number of para-hydroxylation sites is 1. The molecule has 0 N–H and O–H groups in total. The van der Waals surface area contributed by atoms with E-state index in [2.05, 4.69) is 26.1 Å². The van der Waals surface area contributed by atoms with E-state index in [0.717, 1.165) is 21.3 Å². The fourth-order valence-corrected chi connectivity index (χ4v) is 4.62. The van der Waals surface area contributed by atoms with Crippen molar-refractivity contribution in [1.29, 1.82) is 0 Å². The molecule has 0 atom stereocenters. The molecule has 3 aromatic carbocycles. The van der Waals surface area contributed by atoms with Crippen molar-refractivity contribution in [2.45, 2.75) is 6.54 Å². The van der Waals surface area contributed by atoms with E-state index in [0.29, 0.717) is 21.6 Å². The second-order valence-electron chi connectivity index (χ2n) is 7.75. The van der Waals surface area contributed by atoms with Crippen LogP contribution in [0, 0.1) is 0 Å². The summed E-state index contributed by atoms with van der Waals surface area (Å²) in [6.07, 6.45) is 5.07. The molecule has 2 heterocycles. The van der Waals surface area contributed by atoms with Crippen molar-refractivity contribution in [2.75, 3.05) is 0 Å². The number of benzene rings is 3. The highest BCUT2D eigenvalue weighted by atomic mass is 79.9. The van der Waals surface area contributed by atoms with Crippen LogP contribution in [-0.4, -0.2) is 22.2 Å². The molecule has 6 nitrogen and oxygen atoms in total. The number of carbonyl (C=O) groups excluding carboxylic acids is 1. The lowest BCUT2D eigenvalue weighted by Crippen LogP contribution is -2.28. The zero-order valence-corrected chi connectivity index (χ0v) is 21.4. The minimum absolute atomic E-state index is 0.164. The maximum Gasteiger partial charge on any atom is 0.267 e. The lowest BCUT2D eigenvalue weighted by Gasteiger charge is -2.12. The molecule has 36 heavy (non-hydrogen) atoms. The number of nitrogens with zero attached hydrogens (tertiary/aromatic N) is 3. The maximum atomic E-state index is 13.3. The molecule has 1 saturated heterocycles. The molecule has 0 saturated carbocycles. The molecule has 1 amide bonds. The Morgan fingerprint density at radius 3 is 2.50 bits per heavy atom.